The Bertz CT molecular complexity index is 927. The first kappa shape index (κ1) is 21.0. The Labute approximate surface area is 175 Å². The van der Waals surface area contributed by atoms with Crippen LogP contribution in [0.15, 0.2) is 46.3 Å². The molecule has 1 amide bonds. The van der Waals surface area contributed by atoms with Crippen molar-refractivity contribution in [3.8, 4) is 16.5 Å². The van der Waals surface area contributed by atoms with Crippen LogP contribution in [-0.4, -0.2) is 33.6 Å². The van der Waals surface area contributed by atoms with Crippen molar-refractivity contribution in [3.05, 3.63) is 53.2 Å². The van der Waals surface area contributed by atoms with E-state index in [0.29, 0.717) is 24.0 Å². The van der Waals surface area contributed by atoms with Gasteiger partial charge < -0.3 is 14.2 Å². The number of carbonyl (C=O) groups excluding carboxylic acids is 1. The first-order valence-electron chi connectivity index (χ1n) is 9.70. The number of rotatable bonds is 7. The third-order valence-corrected chi connectivity index (χ3v) is 5.48. The van der Waals surface area contributed by atoms with Crippen LogP contribution in [0.1, 0.15) is 46.1 Å². The summed E-state index contributed by atoms with van der Waals surface area (Å²) in [4.78, 5) is 19.8. The zero-order valence-corrected chi connectivity index (χ0v) is 18.3. The lowest BCUT2D eigenvalue weighted by Crippen LogP contribution is -2.40. The highest BCUT2D eigenvalue weighted by molar-refractivity contribution is 7.13. The van der Waals surface area contributed by atoms with Gasteiger partial charge in [0.15, 0.2) is 6.10 Å². The van der Waals surface area contributed by atoms with Gasteiger partial charge in [0.05, 0.1) is 4.88 Å². The summed E-state index contributed by atoms with van der Waals surface area (Å²) in [6, 6.07) is 11.8. The number of aromatic nitrogens is 2. The van der Waals surface area contributed by atoms with Crippen LogP contribution in [0.4, 0.5) is 0 Å². The zero-order valence-electron chi connectivity index (χ0n) is 17.5. The van der Waals surface area contributed by atoms with Crippen molar-refractivity contribution in [2.45, 2.75) is 52.7 Å². The average Bonchev–Trinajstić information content (AvgIpc) is 3.37. The zero-order chi connectivity index (χ0) is 21.0. The van der Waals surface area contributed by atoms with Crippen LogP contribution >= 0.6 is 11.3 Å². The van der Waals surface area contributed by atoms with E-state index in [4.69, 9.17) is 9.26 Å². The van der Waals surface area contributed by atoms with E-state index in [1.807, 2.05) is 48.7 Å². The van der Waals surface area contributed by atoms with Gasteiger partial charge in [0, 0.05) is 6.54 Å². The standard InChI is InChI=1S/C22H27N3O3S/c1-6-25(14-19-23-20(24-28-19)18-8-7-13-29-18)21(26)15(2)27-17-11-9-16(10-12-17)22(3,4)5/h7-13,15H,6,14H2,1-5H3/t15-/m1/s1. The predicted molar refractivity (Wildman–Crippen MR) is 114 cm³/mol. The molecule has 2 heterocycles. The summed E-state index contributed by atoms with van der Waals surface area (Å²) in [6.07, 6.45) is -0.616. The maximum atomic E-state index is 12.9. The van der Waals surface area contributed by atoms with Crippen molar-refractivity contribution < 1.29 is 14.1 Å². The molecule has 0 unspecified atom stereocenters. The average molecular weight is 414 g/mol. The Hall–Kier alpha value is -2.67. The Morgan fingerprint density at radius 2 is 1.97 bits per heavy atom. The second-order valence-electron chi connectivity index (χ2n) is 7.88. The van der Waals surface area contributed by atoms with Crippen LogP contribution in [0.2, 0.25) is 0 Å². The third-order valence-electron chi connectivity index (χ3n) is 4.61. The molecule has 0 saturated heterocycles. The third kappa shape index (κ3) is 5.23. The summed E-state index contributed by atoms with van der Waals surface area (Å²) in [5.74, 6) is 1.50. The van der Waals surface area contributed by atoms with E-state index in [0.717, 1.165) is 4.88 Å². The molecule has 0 bridgehead atoms. The highest BCUT2D eigenvalue weighted by atomic mass is 32.1. The number of hydrogen-bond acceptors (Lipinski definition) is 6. The predicted octanol–water partition coefficient (Wildman–Crippen LogP) is 4.91. The van der Waals surface area contributed by atoms with Crippen molar-refractivity contribution in [1.82, 2.24) is 15.0 Å². The largest absolute Gasteiger partial charge is 0.481 e. The monoisotopic (exact) mass is 413 g/mol. The number of ether oxygens (including phenoxy) is 1. The van der Waals surface area contributed by atoms with Gasteiger partial charge in [-0.3, -0.25) is 4.79 Å². The van der Waals surface area contributed by atoms with Crippen molar-refractivity contribution in [2.24, 2.45) is 0 Å². The van der Waals surface area contributed by atoms with Crippen LogP contribution in [-0.2, 0) is 16.8 Å². The molecular formula is C22H27N3O3S. The van der Waals surface area contributed by atoms with E-state index in [-0.39, 0.29) is 17.9 Å². The Morgan fingerprint density at radius 1 is 1.24 bits per heavy atom. The molecule has 3 rings (SSSR count). The van der Waals surface area contributed by atoms with E-state index in [9.17, 15) is 4.79 Å². The number of carbonyl (C=O) groups is 1. The number of thiophene rings is 1. The first-order valence-corrected chi connectivity index (χ1v) is 10.6. The molecule has 0 N–H and O–H groups in total. The molecule has 0 aliphatic heterocycles. The summed E-state index contributed by atoms with van der Waals surface area (Å²) < 4.78 is 11.2. The highest BCUT2D eigenvalue weighted by Gasteiger charge is 2.24. The van der Waals surface area contributed by atoms with E-state index in [1.54, 1.807) is 23.2 Å². The van der Waals surface area contributed by atoms with Gasteiger partial charge in [0.25, 0.3) is 5.91 Å². The fraction of sp³-hybridized carbons (Fsp3) is 0.409. The topological polar surface area (TPSA) is 68.5 Å². The van der Waals surface area contributed by atoms with Crippen LogP contribution in [0, 0.1) is 0 Å². The van der Waals surface area contributed by atoms with Crippen molar-refractivity contribution in [3.63, 3.8) is 0 Å². The van der Waals surface area contributed by atoms with Crippen molar-refractivity contribution in [2.75, 3.05) is 6.54 Å². The van der Waals surface area contributed by atoms with Gasteiger partial charge >= 0.3 is 0 Å². The molecule has 29 heavy (non-hydrogen) atoms. The number of hydrogen-bond donors (Lipinski definition) is 0. The minimum atomic E-state index is -0.616. The fourth-order valence-corrected chi connectivity index (χ4v) is 3.53. The van der Waals surface area contributed by atoms with Crippen LogP contribution in [0.3, 0.4) is 0 Å². The number of likely N-dealkylation sites (N-methyl/N-ethyl adjacent to an activating group) is 1. The molecule has 0 aliphatic carbocycles. The second-order valence-corrected chi connectivity index (χ2v) is 8.82. The molecule has 0 radical (unpaired) electrons. The van der Waals surface area contributed by atoms with E-state index >= 15 is 0 Å². The van der Waals surface area contributed by atoms with Crippen LogP contribution in [0.5, 0.6) is 5.75 Å². The Balaban J connectivity index is 1.62. The van der Waals surface area contributed by atoms with Gasteiger partial charge in [0.1, 0.15) is 12.3 Å². The summed E-state index contributed by atoms with van der Waals surface area (Å²) in [6.45, 7) is 10.9. The molecule has 7 heteroatoms. The quantitative estimate of drug-likeness (QED) is 0.550. The summed E-state index contributed by atoms with van der Waals surface area (Å²) in [5, 5.41) is 5.96. The molecule has 0 spiro atoms. The van der Waals surface area contributed by atoms with E-state index in [1.165, 1.54) is 5.56 Å². The molecule has 3 aromatic rings. The molecule has 0 aliphatic rings. The highest BCUT2D eigenvalue weighted by Crippen LogP contribution is 2.25. The maximum Gasteiger partial charge on any atom is 0.263 e. The van der Waals surface area contributed by atoms with Gasteiger partial charge in [-0.1, -0.05) is 44.1 Å². The van der Waals surface area contributed by atoms with Crippen molar-refractivity contribution >= 4 is 17.2 Å². The smallest absolute Gasteiger partial charge is 0.263 e. The minimum absolute atomic E-state index is 0.0744. The van der Waals surface area contributed by atoms with Gasteiger partial charge in [-0.2, -0.15) is 4.98 Å². The minimum Gasteiger partial charge on any atom is -0.481 e. The van der Waals surface area contributed by atoms with E-state index in [2.05, 4.69) is 30.9 Å². The molecule has 0 saturated carbocycles. The fourth-order valence-electron chi connectivity index (χ4n) is 2.88. The van der Waals surface area contributed by atoms with Gasteiger partial charge in [0.2, 0.25) is 11.7 Å². The van der Waals surface area contributed by atoms with Gasteiger partial charge in [-0.15, -0.1) is 11.3 Å². The molecule has 154 valence electrons. The van der Waals surface area contributed by atoms with Gasteiger partial charge in [-0.25, -0.2) is 0 Å². The van der Waals surface area contributed by atoms with Crippen LogP contribution < -0.4 is 4.74 Å². The van der Waals surface area contributed by atoms with Crippen LogP contribution in [0.25, 0.3) is 10.7 Å². The summed E-state index contributed by atoms with van der Waals surface area (Å²) in [7, 11) is 0. The lowest BCUT2D eigenvalue weighted by Gasteiger charge is -2.24. The Morgan fingerprint density at radius 3 is 2.55 bits per heavy atom. The maximum absolute atomic E-state index is 12.9. The van der Waals surface area contributed by atoms with Crippen molar-refractivity contribution in [1.29, 1.82) is 0 Å². The molecule has 0 fully saturated rings. The lowest BCUT2D eigenvalue weighted by atomic mass is 9.87. The molecule has 6 nitrogen and oxygen atoms in total. The van der Waals surface area contributed by atoms with Gasteiger partial charge in [-0.05, 0) is 48.4 Å². The molecule has 2 aromatic heterocycles. The van der Waals surface area contributed by atoms with E-state index < -0.39 is 6.10 Å². The molecular weight excluding hydrogens is 386 g/mol. The first-order chi connectivity index (χ1) is 13.8. The number of nitrogens with zero attached hydrogens (tertiary/aromatic N) is 3. The normalized spacial score (nSPS) is 12.6. The molecule has 1 atom stereocenters. The second kappa shape index (κ2) is 8.78. The number of benzene rings is 1. The lowest BCUT2D eigenvalue weighted by molar-refractivity contribution is -0.138. The Kier molecular flexibility index (Phi) is 6.37. The number of amides is 1. The SMILES string of the molecule is CCN(Cc1nc(-c2cccs2)no1)C(=O)[C@@H](C)Oc1ccc(C(C)(C)C)cc1. The summed E-state index contributed by atoms with van der Waals surface area (Å²) >= 11 is 1.54. The molecule has 1 aromatic carbocycles. The summed E-state index contributed by atoms with van der Waals surface area (Å²) in [5.41, 5.74) is 1.29.